The van der Waals surface area contributed by atoms with Crippen LogP contribution in [0.2, 0.25) is 0 Å². The molecule has 0 aliphatic heterocycles. The lowest BCUT2D eigenvalue weighted by Crippen LogP contribution is -2.26. The van der Waals surface area contributed by atoms with E-state index in [4.69, 9.17) is 6.42 Å². The second-order valence-corrected chi connectivity index (χ2v) is 6.96. The Bertz CT molecular complexity index is 555. The Morgan fingerprint density at radius 1 is 1.50 bits per heavy atom. The number of hydrogen-bond donors (Lipinski definition) is 1. The maximum atomic E-state index is 13.2. The number of terminal acetylenes is 1. The molecular weight excluding hydrogens is 341 g/mol. The summed E-state index contributed by atoms with van der Waals surface area (Å²) in [5.41, 5.74) is 0. The summed E-state index contributed by atoms with van der Waals surface area (Å²) in [5.74, 6) is 2.94. The highest BCUT2D eigenvalue weighted by atomic mass is 79.9. The first-order chi connectivity index (χ1) is 8.47. The highest BCUT2D eigenvalue weighted by molar-refractivity contribution is 9.10. The standard InChI is InChI=1S/C11H11BrFNO2S2/c1-2-6-17-7-5-14-18(15,16)9-3-4-10(12)11(13)8-9/h1,3-4,8,14H,5-7H2. The van der Waals surface area contributed by atoms with E-state index in [1.54, 1.807) is 0 Å². The van der Waals surface area contributed by atoms with E-state index in [0.29, 0.717) is 11.5 Å². The molecule has 0 unspecified atom stereocenters. The van der Waals surface area contributed by atoms with Gasteiger partial charge in [-0.1, -0.05) is 5.92 Å². The normalized spacial score (nSPS) is 11.2. The number of sulfonamides is 1. The summed E-state index contributed by atoms with van der Waals surface area (Å²) >= 11 is 4.41. The average Bonchev–Trinajstić information content (AvgIpc) is 2.32. The first-order valence-corrected chi connectivity index (χ1v) is 8.36. The average molecular weight is 352 g/mol. The molecule has 1 rings (SSSR count). The summed E-state index contributed by atoms with van der Waals surface area (Å²) in [7, 11) is -3.66. The van der Waals surface area contributed by atoms with Crippen LogP contribution in [0.15, 0.2) is 27.6 Å². The molecule has 0 bridgehead atoms. The summed E-state index contributed by atoms with van der Waals surface area (Å²) in [6, 6.07) is 3.67. The molecule has 3 nitrogen and oxygen atoms in total. The molecule has 0 aromatic heterocycles. The van der Waals surface area contributed by atoms with Gasteiger partial charge >= 0.3 is 0 Å². The second kappa shape index (κ2) is 7.14. The summed E-state index contributed by atoms with van der Waals surface area (Å²) in [5, 5.41) is 0. The van der Waals surface area contributed by atoms with Gasteiger partial charge in [0.25, 0.3) is 0 Å². The molecule has 0 aliphatic carbocycles. The number of rotatable bonds is 6. The minimum atomic E-state index is -3.66. The van der Waals surface area contributed by atoms with E-state index in [-0.39, 0.29) is 15.9 Å². The van der Waals surface area contributed by atoms with Gasteiger partial charge in [-0.15, -0.1) is 18.2 Å². The van der Waals surface area contributed by atoms with Crippen molar-refractivity contribution in [2.45, 2.75) is 4.90 Å². The molecule has 98 valence electrons. The largest absolute Gasteiger partial charge is 0.240 e. The molecular formula is C11H11BrFNO2S2. The maximum Gasteiger partial charge on any atom is 0.240 e. The number of thioether (sulfide) groups is 1. The van der Waals surface area contributed by atoms with Crippen molar-refractivity contribution in [2.24, 2.45) is 0 Å². The predicted octanol–water partition coefficient (Wildman–Crippen LogP) is 2.23. The van der Waals surface area contributed by atoms with Crippen molar-refractivity contribution in [3.63, 3.8) is 0 Å². The Morgan fingerprint density at radius 2 is 2.22 bits per heavy atom. The molecule has 0 spiro atoms. The van der Waals surface area contributed by atoms with Crippen LogP contribution >= 0.6 is 27.7 Å². The maximum absolute atomic E-state index is 13.2. The van der Waals surface area contributed by atoms with Crippen LogP contribution in [0.1, 0.15) is 0 Å². The van der Waals surface area contributed by atoms with Crippen LogP contribution in [0, 0.1) is 18.2 Å². The summed E-state index contributed by atoms with van der Waals surface area (Å²) in [6.45, 7) is 0.256. The molecule has 0 saturated carbocycles. The lowest BCUT2D eigenvalue weighted by Gasteiger charge is -2.06. The molecule has 0 saturated heterocycles. The predicted molar refractivity (Wildman–Crippen MR) is 75.4 cm³/mol. The van der Waals surface area contributed by atoms with Gasteiger partial charge in [0.15, 0.2) is 0 Å². The van der Waals surface area contributed by atoms with Crippen LogP contribution in [0.5, 0.6) is 0 Å². The monoisotopic (exact) mass is 351 g/mol. The van der Waals surface area contributed by atoms with Gasteiger partial charge in [0.1, 0.15) is 5.82 Å². The summed E-state index contributed by atoms with van der Waals surface area (Å²) in [6.07, 6.45) is 5.06. The Hall–Kier alpha value is -0.550. The Morgan fingerprint density at radius 3 is 2.83 bits per heavy atom. The van der Waals surface area contributed by atoms with Gasteiger partial charge < -0.3 is 0 Å². The van der Waals surface area contributed by atoms with E-state index in [1.807, 2.05) is 0 Å². The van der Waals surface area contributed by atoms with E-state index >= 15 is 0 Å². The Kier molecular flexibility index (Phi) is 6.15. The number of benzene rings is 1. The van der Waals surface area contributed by atoms with Crippen molar-refractivity contribution in [1.29, 1.82) is 0 Å². The van der Waals surface area contributed by atoms with E-state index in [2.05, 4.69) is 26.6 Å². The fourth-order valence-electron chi connectivity index (χ4n) is 1.11. The molecule has 1 aromatic rings. The van der Waals surface area contributed by atoms with Gasteiger partial charge in [-0.3, -0.25) is 0 Å². The van der Waals surface area contributed by atoms with E-state index in [0.717, 1.165) is 6.07 Å². The Balaban J connectivity index is 2.63. The van der Waals surface area contributed by atoms with E-state index in [9.17, 15) is 12.8 Å². The zero-order chi connectivity index (χ0) is 13.6. The van der Waals surface area contributed by atoms with Crippen molar-refractivity contribution in [3.05, 3.63) is 28.5 Å². The van der Waals surface area contributed by atoms with Gasteiger partial charge in [0.2, 0.25) is 10.0 Å². The fraction of sp³-hybridized carbons (Fsp3) is 0.273. The zero-order valence-electron chi connectivity index (χ0n) is 9.32. The summed E-state index contributed by atoms with van der Waals surface area (Å²) < 4.78 is 39.4. The highest BCUT2D eigenvalue weighted by Crippen LogP contribution is 2.19. The van der Waals surface area contributed by atoms with Crippen LogP contribution in [-0.4, -0.2) is 26.5 Å². The van der Waals surface area contributed by atoms with Crippen LogP contribution in [0.3, 0.4) is 0 Å². The van der Waals surface area contributed by atoms with E-state index < -0.39 is 15.8 Å². The van der Waals surface area contributed by atoms with Gasteiger partial charge in [0, 0.05) is 12.3 Å². The Labute approximate surface area is 119 Å². The van der Waals surface area contributed by atoms with Crippen molar-refractivity contribution >= 4 is 37.7 Å². The van der Waals surface area contributed by atoms with Gasteiger partial charge in [-0.25, -0.2) is 17.5 Å². The lowest BCUT2D eigenvalue weighted by molar-refractivity contribution is 0.579. The van der Waals surface area contributed by atoms with E-state index in [1.165, 1.54) is 23.9 Å². The van der Waals surface area contributed by atoms with Crippen molar-refractivity contribution in [2.75, 3.05) is 18.1 Å². The molecule has 1 aromatic carbocycles. The third-order valence-corrected chi connectivity index (χ3v) is 4.89. The highest BCUT2D eigenvalue weighted by Gasteiger charge is 2.14. The fourth-order valence-corrected chi connectivity index (χ4v) is 3.03. The van der Waals surface area contributed by atoms with Gasteiger partial charge in [0.05, 0.1) is 15.1 Å². The van der Waals surface area contributed by atoms with Gasteiger partial charge in [-0.05, 0) is 34.1 Å². The molecule has 0 radical (unpaired) electrons. The number of nitrogens with one attached hydrogen (secondary N) is 1. The zero-order valence-corrected chi connectivity index (χ0v) is 12.5. The van der Waals surface area contributed by atoms with Crippen LogP contribution in [0.4, 0.5) is 4.39 Å². The second-order valence-electron chi connectivity index (χ2n) is 3.23. The van der Waals surface area contributed by atoms with Crippen molar-refractivity contribution < 1.29 is 12.8 Å². The van der Waals surface area contributed by atoms with Crippen LogP contribution in [0.25, 0.3) is 0 Å². The molecule has 0 atom stereocenters. The van der Waals surface area contributed by atoms with Crippen LogP contribution in [-0.2, 0) is 10.0 Å². The summed E-state index contributed by atoms with van der Waals surface area (Å²) in [4.78, 5) is -0.0925. The molecule has 0 amide bonds. The number of halogens is 2. The van der Waals surface area contributed by atoms with Crippen molar-refractivity contribution in [1.82, 2.24) is 4.72 Å². The molecule has 0 heterocycles. The third-order valence-electron chi connectivity index (χ3n) is 1.93. The third kappa shape index (κ3) is 4.61. The van der Waals surface area contributed by atoms with Crippen LogP contribution < -0.4 is 4.72 Å². The molecule has 0 fully saturated rings. The first-order valence-electron chi connectivity index (χ1n) is 4.93. The topological polar surface area (TPSA) is 46.2 Å². The van der Waals surface area contributed by atoms with Gasteiger partial charge in [-0.2, -0.15) is 0 Å². The molecule has 18 heavy (non-hydrogen) atoms. The molecule has 0 aliphatic rings. The van der Waals surface area contributed by atoms with Crippen molar-refractivity contribution in [3.8, 4) is 12.3 Å². The molecule has 7 heteroatoms. The molecule has 1 N–H and O–H groups in total. The quantitative estimate of drug-likeness (QED) is 0.631. The minimum Gasteiger partial charge on any atom is -0.210 e. The lowest BCUT2D eigenvalue weighted by atomic mass is 10.3. The minimum absolute atomic E-state index is 0.0925. The SMILES string of the molecule is C#CCSCCNS(=O)(=O)c1ccc(Br)c(F)c1. The number of hydrogen-bond acceptors (Lipinski definition) is 3. The smallest absolute Gasteiger partial charge is 0.210 e. The first kappa shape index (κ1) is 15.5.